The van der Waals surface area contributed by atoms with Crippen LogP contribution in [0.25, 0.3) is 0 Å². The number of hydrogen-bond acceptors (Lipinski definition) is 6. The van der Waals surface area contributed by atoms with Crippen LogP contribution in [0.15, 0.2) is 29.2 Å². The van der Waals surface area contributed by atoms with E-state index in [-0.39, 0.29) is 29.7 Å². The zero-order chi connectivity index (χ0) is 24.5. The summed E-state index contributed by atoms with van der Waals surface area (Å²) >= 11 is 0. The highest BCUT2D eigenvalue weighted by molar-refractivity contribution is 7.89. The Labute approximate surface area is 198 Å². The number of para-hydroxylation sites is 1. The third-order valence-corrected chi connectivity index (χ3v) is 11.0. The quantitative estimate of drug-likeness (QED) is 0.440. The molecule has 5 fully saturated rings. The third kappa shape index (κ3) is 3.27. The fourth-order valence-electron chi connectivity index (χ4n) is 7.25. The third-order valence-electron chi connectivity index (χ3n) is 9.00. The maximum Gasteiger partial charge on any atom is 0.289 e. The Hall–Kier alpha value is -2.53. The number of primary amides is 1. The van der Waals surface area contributed by atoms with Crippen molar-refractivity contribution in [2.45, 2.75) is 67.8 Å². The molecular weight excluding hydrogens is 460 g/mol. The van der Waals surface area contributed by atoms with Gasteiger partial charge in [-0.25, -0.2) is 8.42 Å². The van der Waals surface area contributed by atoms with Gasteiger partial charge in [-0.1, -0.05) is 12.1 Å². The number of nitro groups is 1. The number of nitrogens with two attached hydrogens (primary N) is 1. The van der Waals surface area contributed by atoms with Crippen LogP contribution in [0.1, 0.15) is 51.4 Å². The lowest BCUT2D eigenvalue weighted by molar-refractivity contribution is -0.387. The van der Waals surface area contributed by atoms with Gasteiger partial charge in [0.25, 0.3) is 15.7 Å². The minimum absolute atomic E-state index is 0.115. The molecule has 0 spiro atoms. The topological polar surface area (TPSA) is 153 Å². The summed E-state index contributed by atoms with van der Waals surface area (Å²) in [6.07, 6.45) is 5.43. The summed E-state index contributed by atoms with van der Waals surface area (Å²) in [5.74, 6) is 0.142. The van der Waals surface area contributed by atoms with E-state index in [2.05, 4.69) is 5.32 Å². The van der Waals surface area contributed by atoms with Crippen LogP contribution < -0.4 is 11.1 Å². The highest BCUT2D eigenvalue weighted by atomic mass is 32.2. The Bertz CT molecular complexity index is 1150. The Morgan fingerprint density at radius 2 is 1.76 bits per heavy atom. The molecule has 11 heteroatoms. The van der Waals surface area contributed by atoms with Gasteiger partial charge in [-0.15, -0.1) is 0 Å². The highest BCUT2D eigenvalue weighted by Crippen LogP contribution is 2.60. The first kappa shape index (κ1) is 23.2. The van der Waals surface area contributed by atoms with Gasteiger partial charge in [-0.3, -0.25) is 19.7 Å². The molecule has 0 saturated heterocycles. The van der Waals surface area contributed by atoms with Crippen LogP contribution in [-0.4, -0.2) is 48.1 Å². The lowest BCUT2D eigenvalue weighted by Crippen LogP contribution is -2.68. The molecule has 6 rings (SSSR count). The summed E-state index contributed by atoms with van der Waals surface area (Å²) in [4.78, 5) is 36.2. The molecule has 2 unspecified atom stereocenters. The molecule has 10 nitrogen and oxygen atoms in total. The zero-order valence-electron chi connectivity index (χ0n) is 19.1. The summed E-state index contributed by atoms with van der Waals surface area (Å²) in [5, 5.41) is 14.6. The number of likely N-dealkylation sites (N-methyl/N-ethyl adjacent to an activating group) is 1. The molecule has 0 aliphatic heterocycles. The second kappa shape index (κ2) is 7.74. The van der Waals surface area contributed by atoms with E-state index >= 15 is 0 Å². The zero-order valence-corrected chi connectivity index (χ0v) is 19.9. The monoisotopic (exact) mass is 490 g/mol. The molecule has 1 aromatic carbocycles. The van der Waals surface area contributed by atoms with E-state index in [1.807, 2.05) is 0 Å². The van der Waals surface area contributed by atoms with Gasteiger partial charge in [0, 0.05) is 24.6 Å². The van der Waals surface area contributed by atoms with Gasteiger partial charge >= 0.3 is 0 Å². The van der Waals surface area contributed by atoms with Crippen molar-refractivity contribution in [2.75, 3.05) is 7.05 Å². The van der Waals surface area contributed by atoms with Gasteiger partial charge in [-0.05, 0) is 75.2 Å². The number of nitrogens with one attached hydrogen (secondary N) is 1. The molecule has 3 N–H and O–H groups in total. The summed E-state index contributed by atoms with van der Waals surface area (Å²) in [5.41, 5.74) is 3.50. The summed E-state index contributed by atoms with van der Waals surface area (Å²) < 4.78 is 27.9. The van der Waals surface area contributed by atoms with Crippen molar-refractivity contribution in [1.82, 2.24) is 9.62 Å². The van der Waals surface area contributed by atoms with E-state index in [4.69, 9.17) is 5.73 Å². The molecule has 4 bridgehead atoms. The number of nitro benzene ring substituents is 1. The number of hydrogen-bond donors (Lipinski definition) is 2. The van der Waals surface area contributed by atoms with Crippen LogP contribution in [0, 0.1) is 33.3 Å². The molecule has 5 saturated carbocycles. The van der Waals surface area contributed by atoms with E-state index in [0.717, 1.165) is 29.6 Å². The second-order valence-corrected chi connectivity index (χ2v) is 12.6. The lowest BCUT2D eigenvalue weighted by atomic mass is 9.47. The average molecular weight is 491 g/mol. The fraction of sp³-hybridized carbons (Fsp3) is 0.652. The smallest absolute Gasteiger partial charge is 0.289 e. The predicted molar refractivity (Wildman–Crippen MR) is 122 cm³/mol. The predicted octanol–water partition coefficient (Wildman–Crippen LogP) is 1.93. The second-order valence-electron chi connectivity index (χ2n) is 10.7. The molecule has 2 amide bonds. The molecule has 2 atom stereocenters. The highest BCUT2D eigenvalue weighted by Gasteiger charge is 2.60. The maximum atomic E-state index is 13.6. The molecule has 0 heterocycles. The number of amides is 2. The van der Waals surface area contributed by atoms with Crippen LogP contribution in [0.3, 0.4) is 0 Å². The van der Waals surface area contributed by atoms with Gasteiger partial charge in [0.05, 0.1) is 4.92 Å². The first-order chi connectivity index (χ1) is 16.0. The molecule has 184 valence electrons. The van der Waals surface area contributed by atoms with Gasteiger partial charge in [0.2, 0.25) is 11.8 Å². The van der Waals surface area contributed by atoms with Crippen molar-refractivity contribution in [3.8, 4) is 0 Å². The van der Waals surface area contributed by atoms with Crippen LogP contribution in [0.5, 0.6) is 0 Å². The molecule has 5 aliphatic carbocycles. The number of sulfonamides is 1. The van der Waals surface area contributed by atoms with Crippen molar-refractivity contribution >= 4 is 27.5 Å². The molecule has 0 aromatic heterocycles. The standard InChI is InChI=1S/C23H30N4O6S/c1-26(34(32,33)18-6-3-2-5-17(18)27(30)31)23(7-4-8-23)21(29)25-19-15-9-14-10-16(19)13-22(11-14,12-15)20(24)28/h2-3,5-6,14-16,19H,4,7-13H2,1H3,(H2,24,28)(H,25,29). The van der Waals surface area contributed by atoms with E-state index in [1.165, 1.54) is 25.2 Å². The van der Waals surface area contributed by atoms with E-state index in [9.17, 15) is 28.1 Å². The Morgan fingerprint density at radius 3 is 2.29 bits per heavy atom. The Balaban J connectivity index is 1.40. The van der Waals surface area contributed by atoms with Crippen molar-refractivity contribution in [3.63, 3.8) is 0 Å². The average Bonchev–Trinajstić information content (AvgIpc) is 2.74. The lowest BCUT2D eigenvalue weighted by Gasteiger charge is -2.59. The first-order valence-electron chi connectivity index (χ1n) is 11.8. The summed E-state index contributed by atoms with van der Waals surface area (Å²) in [6, 6.07) is 5.08. The summed E-state index contributed by atoms with van der Waals surface area (Å²) in [6.45, 7) is 0. The number of benzene rings is 1. The SMILES string of the molecule is CN(C1(C(=O)NC2C3CC4CC2CC(C(N)=O)(C4)C3)CCC1)S(=O)(=O)c1ccccc1[N+](=O)[O-]. The van der Waals surface area contributed by atoms with E-state index < -0.39 is 36.5 Å². The molecule has 34 heavy (non-hydrogen) atoms. The number of nitrogens with zero attached hydrogens (tertiary/aromatic N) is 2. The Kier molecular flexibility index (Phi) is 5.29. The fourth-order valence-corrected chi connectivity index (χ4v) is 8.93. The summed E-state index contributed by atoms with van der Waals surface area (Å²) in [7, 11) is -2.95. The van der Waals surface area contributed by atoms with Crippen molar-refractivity contribution in [3.05, 3.63) is 34.4 Å². The Morgan fingerprint density at radius 1 is 1.15 bits per heavy atom. The molecular formula is C23H30N4O6S. The van der Waals surface area contributed by atoms with E-state index in [0.29, 0.717) is 38.0 Å². The largest absolute Gasteiger partial charge is 0.369 e. The van der Waals surface area contributed by atoms with Crippen LogP contribution in [-0.2, 0) is 19.6 Å². The van der Waals surface area contributed by atoms with Gasteiger partial charge in [-0.2, -0.15) is 4.31 Å². The number of carbonyl (C=O) groups excluding carboxylic acids is 2. The van der Waals surface area contributed by atoms with Crippen LogP contribution in [0.4, 0.5) is 5.69 Å². The first-order valence-corrected chi connectivity index (χ1v) is 13.3. The van der Waals surface area contributed by atoms with Crippen molar-refractivity contribution < 1.29 is 22.9 Å². The normalized spacial score (nSPS) is 33.4. The number of carbonyl (C=O) groups is 2. The minimum Gasteiger partial charge on any atom is -0.369 e. The van der Waals surface area contributed by atoms with Crippen molar-refractivity contribution in [2.24, 2.45) is 28.9 Å². The van der Waals surface area contributed by atoms with Crippen molar-refractivity contribution in [1.29, 1.82) is 0 Å². The minimum atomic E-state index is -4.29. The van der Waals surface area contributed by atoms with Gasteiger partial charge in [0.1, 0.15) is 5.54 Å². The van der Waals surface area contributed by atoms with Gasteiger partial charge in [0.15, 0.2) is 4.90 Å². The van der Waals surface area contributed by atoms with Gasteiger partial charge < -0.3 is 11.1 Å². The molecule has 0 radical (unpaired) electrons. The molecule has 5 aliphatic rings. The molecule has 1 aromatic rings. The van der Waals surface area contributed by atoms with E-state index in [1.54, 1.807) is 0 Å². The maximum absolute atomic E-state index is 13.6. The van der Waals surface area contributed by atoms with Crippen LogP contribution >= 0.6 is 0 Å². The van der Waals surface area contributed by atoms with Crippen LogP contribution in [0.2, 0.25) is 0 Å². The number of rotatable bonds is 7.